The number of anilines is 1. The molecule has 1 aliphatic rings. The number of aryl methyl sites for hydroxylation is 1. The molecular weight excluding hydrogens is 391 g/mol. The highest BCUT2D eigenvalue weighted by Gasteiger charge is 2.30. The van der Waals surface area contributed by atoms with E-state index in [0.717, 1.165) is 40.8 Å². The van der Waals surface area contributed by atoms with Crippen molar-refractivity contribution in [3.8, 4) is 11.1 Å². The van der Waals surface area contributed by atoms with Gasteiger partial charge in [-0.05, 0) is 71.4 Å². The fourth-order valence-corrected chi connectivity index (χ4v) is 4.30. The summed E-state index contributed by atoms with van der Waals surface area (Å²) in [5.74, 6) is 0.0773. The zero-order chi connectivity index (χ0) is 22.7. The van der Waals surface area contributed by atoms with Crippen molar-refractivity contribution in [3.63, 3.8) is 0 Å². The number of hydrogen-bond acceptors (Lipinski definition) is 2. The lowest BCUT2D eigenvalue weighted by atomic mass is 9.83. The summed E-state index contributed by atoms with van der Waals surface area (Å²) in [4.78, 5) is 14.3. The Labute approximate surface area is 183 Å². The third-order valence-corrected chi connectivity index (χ3v) is 6.13. The Balaban J connectivity index is 2.21. The van der Waals surface area contributed by atoms with E-state index in [1.807, 2.05) is 19.1 Å². The SMILES string of the molecule is CCCC1=C(N(C(N)=O)c2ccc(CO)c(-c3ccc(F)cc3C)c2)C(C)C(C)C=C1. The van der Waals surface area contributed by atoms with Gasteiger partial charge < -0.3 is 10.8 Å². The van der Waals surface area contributed by atoms with Gasteiger partial charge in [-0.15, -0.1) is 0 Å². The zero-order valence-electron chi connectivity index (χ0n) is 18.7. The molecule has 0 saturated carbocycles. The second-order valence-electron chi connectivity index (χ2n) is 8.30. The second kappa shape index (κ2) is 9.48. The summed E-state index contributed by atoms with van der Waals surface area (Å²) in [6, 6.07) is 9.50. The monoisotopic (exact) mass is 422 g/mol. The van der Waals surface area contributed by atoms with E-state index in [1.165, 1.54) is 12.1 Å². The maximum absolute atomic E-state index is 13.7. The van der Waals surface area contributed by atoms with Crippen LogP contribution in [0.2, 0.25) is 0 Å². The van der Waals surface area contributed by atoms with Crippen molar-refractivity contribution in [3.05, 3.63) is 76.8 Å². The van der Waals surface area contributed by atoms with Crippen LogP contribution < -0.4 is 10.6 Å². The van der Waals surface area contributed by atoms with Crippen molar-refractivity contribution in [1.29, 1.82) is 0 Å². The Morgan fingerprint density at radius 3 is 2.52 bits per heavy atom. The van der Waals surface area contributed by atoms with Crippen LogP contribution in [0.1, 0.15) is 44.7 Å². The van der Waals surface area contributed by atoms with Crippen molar-refractivity contribution < 1.29 is 14.3 Å². The molecule has 0 radical (unpaired) electrons. The lowest BCUT2D eigenvalue weighted by Gasteiger charge is -2.35. The lowest BCUT2D eigenvalue weighted by Crippen LogP contribution is -2.39. The molecule has 2 amide bonds. The number of nitrogens with zero attached hydrogens (tertiary/aromatic N) is 1. The van der Waals surface area contributed by atoms with Gasteiger partial charge in [0.2, 0.25) is 0 Å². The molecule has 3 rings (SSSR count). The minimum atomic E-state index is -0.545. The predicted molar refractivity (Wildman–Crippen MR) is 124 cm³/mol. The molecule has 164 valence electrons. The molecule has 0 fully saturated rings. The molecule has 2 atom stereocenters. The number of carbonyl (C=O) groups excluding carboxylic acids is 1. The average Bonchev–Trinajstić information content (AvgIpc) is 2.73. The first-order chi connectivity index (χ1) is 14.8. The molecule has 0 spiro atoms. The van der Waals surface area contributed by atoms with Gasteiger partial charge in [0.25, 0.3) is 0 Å². The third-order valence-electron chi connectivity index (χ3n) is 6.13. The molecule has 0 aromatic heterocycles. The molecule has 0 saturated heterocycles. The molecule has 0 aliphatic heterocycles. The number of benzene rings is 2. The minimum Gasteiger partial charge on any atom is -0.392 e. The highest BCUT2D eigenvalue weighted by Crippen LogP contribution is 2.38. The van der Waals surface area contributed by atoms with E-state index in [0.29, 0.717) is 11.3 Å². The van der Waals surface area contributed by atoms with Gasteiger partial charge in [0.1, 0.15) is 5.82 Å². The van der Waals surface area contributed by atoms with Gasteiger partial charge in [-0.2, -0.15) is 0 Å². The molecule has 3 N–H and O–H groups in total. The van der Waals surface area contributed by atoms with Crippen molar-refractivity contribution in [2.45, 2.75) is 47.1 Å². The van der Waals surface area contributed by atoms with E-state index < -0.39 is 6.03 Å². The first-order valence-electron chi connectivity index (χ1n) is 10.8. The topological polar surface area (TPSA) is 66.6 Å². The molecule has 1 aliphatic carbocycles. The normalized spacial score (nSPS) is 18.4. The van der Waals surface area contributed by atoms with Crippen LogP contribution in [0.4, 0.5) is 14.9 Å². The van der Waals surface area contributed by atoms with E-state index in [-0.39, 0.29) is 24.3 Å². The number of primary amides is 1. The Kier molecular flexibility index (Phi) is 6.96. The minimum absolute atomic E-state index is 0.118. The number of nitrogens with two attached hydrogens (primary N) is 1. The van der Waals surface area contributed by atoms with E-state index in [2.05, 4.69) is 32.9 Å². The van der Waals surface area contributed by atoms with Gasteiger partial charge in [-0.25, -0.2) is 9.18 Å². The fraction of sp³-hybridized carbons (Fsp3) is 0.346. The largest absolute Gasteiger partial charge is 0.392 e. The van der Waals surface area contributed by atoms with E-state index in [1.54, 1.807) is 17.0 Å². The number of carbonyl (C=O) groups is 1. The molecule has 2 aromatic carbocycles. The molecular formula is C26H31FN2O2. The van der Waals surface area contributed by atoms with Gasteiger partial charge >= 0.3 is 6.03 Å². The quantitative estimate of drug-likeness (QED) is 0.593. The summed E-state index contributed by atoms with van der Waals surface area (Å²) in [5, 5.41) is 9.90. The van der Waals surface area contributed by atoms with Crippen molar-refractivity contribution in [1.82, 2.24) is 0 Å². The maximum atomic E-state index is 13.7. The third kappa shape index (κ3) is 4.57. The average molecular weight is 423 g/mol. The summed E-state index contributed by atoms with van der Waals surface area (Å²) >= 11 is 0. The van der Waals surface area contributed by atoms with Gasteiger partial charge in [0, 0.05) is 11.6 Å². The highest BCUT2D eigenvalue weighted by molar-refractivity contribution is 5.95. The van der Waals surface area contributed by atoms with Crippen LogP contribution in [0, 0.1) is 24.6 Å². The molecule has 0 bridgehead atoms. The van der Waals surface area contributed by atoms with Crippen LogP contribution in [-0.4, -0.2) is 11.1 Å². The number of aliphatic hydroxyl groups is 1. The highest BCUT2D eigenvalue weighted by atomic mass is 19.1. The number of halogens is 1. The zero-order valence-corrected chi connectivity index (χ0v) is 18.7. The van der Waals surface area contributed by atoms with Crippen molar-refractivity contribution in [2.24, 2.45) is 17.6 Å². The Bertz CT molecular complexity index is 1040. The molecule has 0 heterocycles. The Morgan fingerprint density at radius 2 is 1.90 bits per heavy atom. The number of hydrogen-bond donors (Lipinski definition) is 2. The summed E-state index contributed by atoms with van der Waals surface area (Å²) in [7, 11) is 0. The summed E-state index contributed by atoms with van der Waals surface area (Å²) in [6.07, 6.45) is 6.10. The van der Waals surface area contributed by atoms with Gasteiger partial charge in [0.15, 0.2) is 0 Å². The summed E-state index contributed by atoms with van der Waals surface area (Å²) < 4.78 is 13.7. The first kappa shape index (κ1) is 22.8. The van der Waals surface area contributed by atoms with Gasteiger partial charge in [-0.1, -0.05) is 51.5 Å². The summed E-state index contributed by atoms with van der Waals surface area (Å²) in [6.45, 7) is 8.02. The predicted octanol–water partition coefficient (Wildman–Crippen LogP) is 6.07. The molecule has 5 heteroatoms. The van der Waals surface area contributed by atoms with Crippen molar-refractivity contribution >= 4 is 11.7 Å². The van der Waals surface area contributed by atoms with Crippen LogP contribution in [0.3, 0.4) is 0 Å². The van der Waals surface area contributed by atoms with Gasteiger partial charge in [-0.3, -0.25) is 4.90 Å². The standard InChI is InChI=1S/C26H31FN2O2/c1-5-6-19-8-7-16(2)18(4)25(19)29(26(28)31)22-11-9-20(15-30)24(14-22)23-12-10-21(27)13-17(23)3/h7-14,16,18,30H,5-6,15H2,1-4H3,(H2,28,31). The molecule has 2 unspecified atom stereocenters. The van der Waals surface area contributed by atoms with E-state index in [4.69, 9.17) is 5.73 Å². The summed E-state index contributed by atoms with van der Waals surface area (Å²) in [5.41, 5.74) is 11.6. The molecule has 31 heavy (non-hydrogen) atoms. The number of aliphatic hydroxyl groups excluding tert-OH is 1. The Hall–Kier alpha value is -2.92. The number of amides is 2. The van der Waals surface area contributed by atoms with Gasteiger partial charge in [0.05, 0.1) is 12.3 Å². The van der Waals surface area contributed by atoms with E-state index >= 15 is 0 Å². The number of allylic oxidation sites excluding steroid dienone is 4. The van der Waals surface area contributed by atoms with E-state index in [9.17, 15) is 14.3 Å². The Morgan fingerprint density at radius 1 is 1.16 bits per heavy atom. The number of urea groups is 1. The number of rotatable bonds is 6. The van der Waals surface area contributed by atoms with Crippen LogP contribution >= 0.6 is 0 Å². The van der Waals surface area contributed by atoms with Crippen molar-refractivity contribution in [2.75, 3.05) is 4.90 Å². The van der Waals surface area contributed by atoms with Crippen LogP contribution in [0.15, 0.2) is 59.8 Å². The molecule has 2 aromatic rings. The second-order valence-corrected chi connectivity index (χ2v) is 8.30. The maximum Gasteiger partial charge on any atom is 0.323 e. The fourth-order valence-electron chi connectivity index (χ4n) is 4.30. The molecule has 4 nitrogen and oxygen atoms in total. The van der Waals surface area contributed by atoms with Crippen LogP contribution in [0.5, 0.6) is 0 Å². The van der Waals surface area contributed by atoms with Crippen LogP contribution in [-0.2, 0) is 6.61 Å². The smallest absolute Gasteiger partial charge is 0.323 e. The van der Waals surface area contributed by atoms with Crippen LogP contribution in [0.25, 0.3) is 11.1 Å². The lowest BCUT2D eigenvalue weighted by molar-refractivity contribution is 0.254. The first-order valence-corrected chi connectivity index (χ1v) is 10.8.